The summed E-state index contributed by atoms with van der Waals surface area (Å²) in [4.78, 5) is 38.6. The molecule has 0 aromatic heterocycles. The van der Waals surface area contributed by atoms with Crippen molar-refractivity contribution < 1.29 is 14.4 Å². The average Bonchev–Trinajstić information content (AvgIpc) is 3.44. The quantitative estimate of drug-likeness (QED) is 0.738. The van der Waals surface area contributed by atoms with E-state index in [-0.39, 0.29) is 36.4 Å². The van der Waals surface area contributed by atoms with Gasteiger partial charge >= 0.3 is 0 Å². The Bertz CT molecular complexity index is 655. The van der Waals surface area contributed by atoms with Gasteiger partial charge in [0.1, 0.15) is 0 Å². The molecule has 2 fully saturated rings. The van der Waals surface area contributed by atoms with Gasteiger partial charge in [-0.1, -0.05) is 28.1 Å². The molecule has 5 nitrogen and oxygen atoms in total. The van der Waals surface area contributed by atoms with Gasteiger partial charge in [-0.2, -0.15) is 0 Å². The molecule has 1 aliphatic carbocycles. The van der Waals surface area contributed by atoms with Crippen molar-refractivity contribution in [2.75, 3.05) is 13.1 Å². The minimum absolute atomic E-state index is 0.0270. The molecule has 1 atom stereocenters. The molecule has 1 aromatic rings. The van der Waals surface area contributed by atoms with Crippen LogP contribution in [0, 0.1) is 5.92 Å². The monoisotopic (exact) mass is 406 g/mol. The lowest BCUT2D eigenvalue weighted by atomic mass is 9.96. The second-order valence-electron chi connectivity index (χ2n) is 6.89. The minimum atomic E-state index is -0.111. The zero-order chi connectivity index (χ0) is 17.8. The number of piperidine rings is 1. The van der Waals surface area contributed by atoms with Gasteiger partial charge in [0.2, 0.25) is 11.8 Å². The summed E-state index contributed by atoms with van der Waals surface area (Å²) in [5, 5.41) is 3.02. The molecule has 1 aromatic carbocycles. The third kappa shape index (κ3) is 5.14. The van der Waals surface area contributed by atoms with Crippen LogP contribution in [-0.4, -0.2) is 41.6 Å². The Hall–Kier alpha value is -1.69. The summed E-state index contributed by atoms with van der Waals surface area (Å²) < 4.78 is 0.920. The van der Waals surface area contributed by atoms with E-state index >= 15 is 0 Å². The Labute approximate surface area is 156 Å². The van der Waals surface area contributed by atoms with E-state index < -0.39 is 0 Å². The molecule has 25 heavy (non-hydrogen) atoms. The molecule has 134 valence electrons. The van der Waals surface area contributed by atoms with E-state index in [0.29, 0.717) is 24.7 Å². The number of nitrogens with zero attached hydrogens (tertiary/aromatic N) is 1. The lowest BCUT2D eigenvalue weighted by Crippen LogP contribution is -2.45. The van der Waals surface area contributed by atoms with Crippen molar-refractivity contribution in [3.8, 4) is 0 Å². The smallest absolute Gasteiger partial charge is 0.225 e. The molecule has 1 unspecified atom stereocenters. The van der Waals surface area contributed by atoms with E-state index in [2.05, 4.69) is 21.2 Å². The number of carbonyl (C=O) groups excluding carboxylic acids is 3. The number of likely N-dealkylation sites (tertiary alicyclic amines) is 1. The summed E-state index contributed by atoms with van der Waals surface area (Å²) in [6, 6.07) is 7.51. The van der Waals surface area contributed by atoms with Gasteiger partial charge in [-0.3, -0.25) is 14.4 Å². The number of halogens is 1. The van der Waals surface area contributed by atoms with Gasteiger partial charge < -0.3 is 10.2 Å². The zero-order valence-electron chi connectivity index (χ0n) is 14.2. The first-order valence-corrected chi connectivity index (χ1v) is 9.69. The van der Waals surface area contributed by atoms with Gasteiger partial charge in [-0.05, 0) is 37.8 Å². The first kappa shape index (κ1) is 18.1. The van der Waals surface area contributed by atoms with Crippen LogP contribution in [0.4, 0.5) is 0 Å². The Morgan fingerprint density at radius 3 is 2.48 bits per heavy atom. The highest BCUT2D eigenvalue weighted by Gasteiger charge is 2.31. The molecular weight excluding hydrogens is 384 g/mol. The average molecular weight is 407 g/mol. The standard InChI is InChI=1S/C19H23BrN2O3/c20-15-5-3-13(4-6-15)17(23)9-10-18(24)22-11-1-2-14(12-22)19(25)21-16-7-8-16/h3-6,14,16H,1-2,7-12H2,(H,21,25). The molecule has 0 spiro atoms. The van der Waals surface area contributed by atoms with Crippen molar-refractivity contribution in [3.05, 3.63) is 34.3 Å². The molecule has 1 saturated carbocycles. The summed E-state index contributed by atoms with van der Waals surface area (Å²) in [5.74, 6) is -0.0957. The first-order chi connectivity index (χ1) is 12.0. The maximum atomic E-state index is 12.4. The Balaban J connectivity index is 1.47. The van der Waals surface area contributed by atoms with Gasteiger partial charge in [-0.15, -0.1) is 0 Å². The number of Topliss-reactive ketones (excluding diaryl/α,β-unsaturated/α-hetero) is 1. The van der Waals surface area contributed by atoms with Crippen LogP contribution in [0.2, 0.25) is 0 Å². The number of carbonyl (C=O) groups is 3. The molecule has 1 saturated heterocycles. The molecular formula is C19H23BrN2O3. The number of nitrogens with one attached hydrogen (secondary N) is 1. The summed E-state index contributed by atoms with van der Waals surface area (Å²) in [6.45, 7) is 1.16. The number of ketones is 1. The van der Waals surface area contributed by atoms with E-state index in [1.165, 1.54) is 0 Å². The molecule has 0 radical (unpaired) electrons. The minimum Gasteiger partial charge on any atom is -0.353 e. The Kier molecular flexibility index (Phi) is 5.89. The van der Waals surface area contributed by atoms with E-state index in [1.54, 1.807) is 17.0 Å². The highest BCUT2D eigenvalue weighted by Crippen LogP contribution is 2.23. The van der Waals surface area contributed by atoms with Crippen molar-refractivity contribution in [1.82, 2.24) is 10.2 Å². The van der Waals surface area contributed by atoms with Crippen LogP contribution in [0.3, 0.4) is 0 Å². The predicted octanol–water partition coefficient (Wildman–Crippen LogP) is 2.93. The largest absolute Gasteiger partial charge is 0.353 e. The van der Waals surface area contributed by atoms with Gasteiger partial charge in [-0.25, -0.2) is 0 Å². The van der Waals surface area contributed by atoms with Crippen LogP contribution in [0.25, 0.3) is 0 Å². The fourth-order valence-corrected chi connectivity index (χ4v) is 3.39. The van der Waals surface area contributed by atoms with Gasteiger partial charge in [0.15, 0.2) is 5.78 Å². The first-order valence-electron chi connectivity index (χ1n) is 8.90. The van der Waals surface area contributed by atoms with Crippen LogP contribution >= 0.6 is 15.9 Å². The molecule has 2 amide bonds. The summed E-state index contributed by atoms with van der Waals surface area (Å²) >= 11 is 3.34. The second-order valence-corrected chi connectivity index (χ2v) is 7.81. The Morgan fingerprint density at radius 1 is 1.08 bits per heavy atom. The van der Waals surface area contributed by atoms with Crippen molar-refractivity contribution >= 4 is 33.5 Å². The molecule has 1 aliphatic heterocycles. The number of benzene rings is 1. The molecule has 1 N–H and O–H groups in total. The van der Waals surface area contributed by atoms with Crippen molar-refractivity contribution in [2.45, 2.75) is 44.6 Å². The number of rotatable bonds is 6. The molecule has 2 aliphatic rings. The lowest BCUT2D eigenvalue weighted by molar-refractivity contribution is -0.135. The second kappa shape index (κ2) is 8.13. The van der Waals surface area contributed by atoms with Crippen LogP contribution in [0.1, 0.15) is 48.9 Å². The van der Waals surface area contributed by atoms with Crippen LogP contribution in [0.15, 0.2) is 28.7 Å². The molecule has 6 heteroatoms. The van der Waals surface area contributed by atoms with Gasteiger partial charge in [0.25, 0.3) is 0 Å². The zero-order valence-corrected chi connectivity index (χ0v) is 15.8. The highest BCUT2D eigenvalue weighted by molar-refractivity contribution is 9.10. The lowest BCUT2D eigenvalue weighted by Gasteiger charge is -2.32. The predicted molar refractivity (Wildman–Crippen MR) is 98.2 cm³/mol. The fraction of sp³-hybridized carbons (Fsp3) is 0.526. The highest BCUT2D eigenvalue weighted by atomic mass is 79.9. The van der Waals surface area contributed by atoms with Crippen molar-refractivity contribution in [2.24, 2.45) is 5.92 Å². The summed E-state index contributed by atoms with van der Waals surface area (Å²) in [6.07, 6.45) is 4.22. The summed E-state index contributed by atoms with van der Waals surface area (Å²) in [5.41, 5.74) is 0.622. The third-order valence-corrected chi connectivity index (χ3v) is 5.33. The molecule has 0 bridgehead atoms. The van der Waals surface area contributed by atoms with Crippen LogP contribution < -0.4 is 5.32 Å². The summed E-state index contributed by atoms with van der Waals surface area (Å²) in [7, 11) is 0. The number of hydrogen-bond acceptors (Lipinski definition) is 3. The van der Waals surface area contributed by atoms with E-state index in [1.807, 2.05) is 12.1 Å². The van der Waals surface area contributed by atoms with Crippen molar-refractivity contribution in [3.63, 3.8) is 0 Å². The molecule has 3 rings (SSSR count). The normalized spacial score (nSPS) is 20.2. The maximum Gasteiger partial charge on any atom is 0.225 e. The topological polar surface area (TPSA) is 66.5 Å². The van der Waals surface area contributed by atoms with Crippen LogP contribution in [-0.2, 0) is 9.59 Å². The van der Waals surface area contributed by atoms with E-state index in [0.717, 1.165) is 30.2 Å². The van der Waals surface area contributed by atoms with Gasteiger partial charge in [0, 0.05) is 42.0 Å². The maximum absolute atomic E-state index is 12.4. The van der Waals surface area contributed by atoms with E-state index in [4.69, 9.17) is 0 Å². The van der Waals surface area contributed by atoms with Gasteiger partial charge in [0.05, 0.1) is 5.92 Å². The SMILES string of the molecule is O=C(CCC(=O)N1CCCC(C(=O)NC2CC2)C1)c1ccc(Br)cc1. The molecule has 1 heterocycles. The third-order valence-electron chi connectivity index (χ3n) is 4.80. The Morgan fingerprint density at radius 2 is 1.80 bits per heavy atom. The number of amides is 2. The van der Waals surface area contributed by atoms with Crippen molar-refractivity contribution in [1.29, 1.82) is 0 Å². The van der Waals surface area contributed by atoms with E-state index in [9.17, 15) is 14.4 Å². The van der Waals surface area contributed by atoms with Crippen LogP contribution in [0.5, 0.6) is 0 Å². The fourth-order valence-electron chi connectivity index (χ4n) is 3.12. The number of hydrogen-bond donors (Lipinski definition) is 1.